The van der Waals surface area contributed by atoms with Gasteiger partial charge in [-0.25, -0.2) is 17.7 Å². The summed E-state index contributed by atoms with van der Waals surface area (Å²) in [6, 6.07) is 10.5. The lowest BCUT2D eigenvalue weighted by molar-refractivity contribution is 0.400. The van der Waals surface area contributed by atoms with E-state index in [1.165, 1.54) is 0 Å². The molecule has 9 heteroatoms. The third-order valence-electron chi connectivity index (χ3n) is 3.90. The van der Waals surface area contributed by atoms with Crippen LogP contribution in [0.15, 0.2) is 47.5 Å². The highest BCUT2D eigenvalue weighted by Gasteiger charge is 2.14. The standard InChI is InChI=1S/C17H22N6O2S/c1-22(2)10-4-9-19-26(24,25)15-6-3-5-13(11-15)14-7-8-16-20-17(18)21-23(16)12-14/h3,5-8,11-12,19H,4,9-10H2,1-2H3,(H2,18,21). The summed E-state index contributed by atoms with van der Waals surface area (Å²) in [5, 5.41) is 4.08. The molecule has 0 aliphatic carbocycles. The van der Waals surface area contributed by atoms with E-state index in [1.54, 1.807) is 35.0 Å². The molecule has 3 rings (SSSR count). The molecule has 3 aromatic rings. The summed E-state index contributed by atoms with van der Waals surface area (Å²) < 4.78 is 29.2. The molecule has 1 aromatic carbocycles. The van der Waals surface area contributed by atoms with Crippen molar-refractivity contribution < 1.29 is 8.42 Å². The third kappa shape index (κ3) is 4.18. The van der Waals surface area contributed by atoms with Crippen molar-refractivity contribution in [3.8, 4) is 11.1 Å². The molecule has 0 amide bonds. The maximum Gasteiger partial charge on any atom is 0.240 e. The van der Waals surface area contributed by atoms with Crippen LogP contribution in [0.25, 0.3) is 16.8 Å². The maximum absolute atomic E-state index is 12.5. The summed E-state index contributed by atoms with van der Waals surface area (Å²) >= 11 is 0. The van der Waals surface area contributed by atoms with Gasteiger partial charge in [0.1, 0.15) is 0 Å². The summed E-state index contributed by atoms with van der Waals surface area (Å²) in [6.07, 6.45) is 2.52. The first-order valence-electron chi connectivity index (χ1n) is 8.22. The van der Waals surface area contributed by atoms with Crippen molar-refractivity contribution in [2.45, 2.75) is 11.3 Å². The topological polar surface area (TPSA) is 106 Å². The van der Waals surface area contributed by atoms with E-state index in [9.17, 15) is 8.42 Å². The van der Waals surface area contributed by atoms with E-state index >= 15 is 0 Å². The Morgan fingerprint density at radius 2 is 2.00 bits per heavy atom. The molecule has 0 radical (unpaired) electrons. The van der Waals surface area contributed by atoms with Gasteiger partial charge in [-0.1, -0.05) is 12.1 Å². The van der Waals surface area contributed by atoms with Crippen molar-refractivity contribution in [1.82, 2.24) is 24.2 Å². The Kier molecular flexibility index (Phi) is 5.21. The summed E-state index contributed by atoms with van der Waals surface area (Å²) in [5.41, 5.74) is 7.84. The average molecular weight is 374 g/mol. The fourth-order valence-electron chi connectivity index (χ4n) is 2.60. The number of nitrogen functional groups attached to an aromatic ring is 1. The van der Waals surface area contributed by atoms with Crippen molar-refractivity contribution in [2.75, 3.05) is 32.9 Å². The lowest BCUT2D eigenvalue weighted by Crippen LogP contribution is -2.27. The molecule has 0 saturated heterocycles. The maximum atomic E-state index is 12.5. The molecule has 2 aromatic heterocycles. The molecule has 0 unspecified atom stereocenters. The van der Waals surface area contributed by atoms with E-state index in [1.807, 2.05) is 31.1 Å². The number of aromatic nitrogens is 3. The van der Waals surface area contributed by atoms with Crippen molar-refractivity contribution in [2.24, 2.45) is 0 Å². The molecule has 26 heavy (non-hydrogen) atoms. The Labute approximate surface area is 152 Å². The first-order valence-corrected chi connectivity index (χ1v) is 9.70. The molecule has 0 spiro atoms. The highest BCUT2D eigenvalue weighted by molar-refractivity contribution is 7.89. The van der Waals surface area contributed by atoms with Gasteiger partial charge in [0.2, 0.25) is 16.0 Å². The van der Waals surface area contributed by atoms with Gasteiger partial charge < -0.3 is 10.6 Å². The average Bonchev–Trinajstić information content (AvgIpc) is 2.98. The summed E-state index contributed by atoms with van der Waals surface area (Å²) in [7, 11) is 0.361. The second kappa shape index (κ2) is 7.40. The molecule has 0 fully saturated rings. The van der Waals surface area contributed by atoms with Crippen LogP contribution < -0.4 is 10.5 Å². The van der Waals surface area contributed by atoms with Gasteiger partial charge in [0.05, 0.1) is 4.90 Å². The van der Waals surface area contributed by atoms with Crippen LogP contribution >= 0.6 is 0 Å². The summed E-state index contributed by atoms with van der Waals surface area (Å²) in [6.45, 7) is 1.22. The molecule has 0 saturated carbocycles. The molecule has 0 atom stereocenters. The molecule has 3 N–H and O–H groups in total. The van der Waals surface area contributed by atoms with Crippen molar-refractivity contribution in [3.63, 3.8) is 0 Å². The number of pyridine rings is 1. The predicted octanol–water partition coefficient (Wildman–Crippen LogP) is 1.21. The Bertz CT molecular complexity index is 1010. The van der Waals surface area contributed by atoms with E-state index in [2.05, 4.69) is 14.8 Å². The van der Waals surface area contributed by atoms with Gasteiger partial charge in [0, 0.05) is 18.3 Å². The molecule has 8 nitrogen and oxygen atoms in total. The van der Waals surface area contributed by atoms with Crippen LogP contribution in [0.5, 0.6) is 0 Å². The largest absolute Gasteiger partial charge is 0.366 e. The van der Waals surface area contributed by atoms with Crippen molar-refractivity contribution in [3.05, 3.63) is 42.6 Å². The van der Waals surface area contributed by atoms with Crippen LogP contribution in [-0.2, 0) is 10.0 Å². The molecular formula is C17H22N6O2S. The van der Waals surface area contributed by atoms with Crippen LogP contribution in [-0.4, -0.2) is 55.1 Å². The minimum absolute atomic E-state index is 0.195. The van der Waals surface area contributed by atoms with Gasteiger partial charge in [-0.15, -0.1) is 5.10 Å². The zero-order valence-electron chi connectivity index (χ0n) is 14.8. The van der Waals surface area contributed by atoms with E-state index in [-0.39, 0.29) is 10.8 Å². The van der Waals surface area contributed by atoms with Gasteiger partial charge in [-0.3, -0.25) is 0 Å². The van der Waals surface area contributed by atoms with E-state index in [4.69, 9.17) is 5.73 Å². The number of nitrogens with two attached hydrogens (primary N) is 1. The van der Waals surface area contributed by atoms with Gasteiger partial charge in [-0.05, 0) is 56.9 Å². The van der Waals surface area contributed by atoms with Gasteiger partial charge in [0.15, 0.2) is 5.65 Å². The summed E-state index contributed by atoms with van der Waals surface area (Å²) in [5.74, 6) is 0.195. The number of nitrogens with zero attached hydrogens (tertiary/aromatic N) is 4. The van der Waals surface area contributed by atoms with Crippen LogP contribution in [0.1, 0.15) is 6.42 Å². The molecule has 0 aliphatic heterocycles. The Hall–Kier alpha value is -2.49. The first-order chi connectivity index (χ1) is 12.3. The van der Waals surface area contributed by atoms with Crippen molar-refractivity contribution in [1.29, 1.82) is 0 Å². The Balaban J connectivity index is 1.82. The second-order valence-corrected chi connectivity index (χ2v) is 8.04. The van der Waals surface area contributed by atoms with E-state index < -0.39 is 10.0 Å². The molecule has 2 heterocycles. The number of rotatable bonds is 7. The van der Waals surface area contributed by atoms with Crippen LogP contribution in [0.3, 0.4) is 0 Å². The highest BCUT2D eigenvalue weighted by Crippen LogP contribution is 2.23. The number of fused-ring (bicyclic) bond motifs is 1. The van der Waals surface area contributed by atoms with Gasteiger partial charge in [0.25, 0.3) is 0 Å². The van der Waals surface area contributed by atoms with Gasteiger partial charge in [-0.2, -0.15) is 4.98 Å². The number of nitrogens with one attached hydrogen (secondary N) is 1. The molecular weight excluding hydrogens is 352 g/mol. The first kappa shape index (κ1) is 18.3. The monoisotopic (exact) mass is 374 g/mol. The summed E-state index contributed by atoms with van der Waals surface area (Å²) in [4.78, 5) is 6.33. The number of sulfonamides is 1. The van der Waals surface area contributed by atoms with Crippen LogP contribution in [0.4, 0.5) is 5.95 Å². The fourth-order valence-corrected chi connectivity index (χ4v) is 3.72. The lowest BCUT2D eigenvalue weighted by Gasteiger charge is -2.11. The van der Waals surface area contributed by atoms with Crippen LogP contribution in [0.2, 0.25) is 0 Å². The number of benzene rings is 1. The minimum Gasteiger partial charge on any atom is -0.366 e. The molecule has 0 bridgehead atoms. The normalized spacial score (nSPS) is 12.1. The second-order valence-electron chi connectivity index (χ2n) is 6.27. The van der Waals surface area contributed by atoms with Gasteiger partial charge >= 0.3 is 0 Å². The highest BCUT2D eigenvalue weighted by atomic mass is 32.2. The molecule has 0 aliphatic rings. The van der Waals surface area contributed by atoms with E-state index in [0.717, 1.165) is 24.1 Å². The number of hydrogen-bond acceptors (Lipinski definition) is 6. The predicted molar refractivity (Wildman–Crippen MR) is 101 cm³/mol. The minimum atomic E-state index is -3.55. The zero-order valence-corrected chi connectivity index (χ0v) is 15.6. The number of hydrogen-bond donors (Lipinski definition) is 2. The zero-order chi connectivity index (χ0) is 18.7. The SMILES string of the molecule is CN(C)CCCNS(=O)(=O)c1cccc(-c2ccc3nc(N)nn3c2)c1. The Morgan fingerprint density at radius 1 is 1.19 bits per heavy atom. The third-order valence-corrected chi connectivity index (χ3v) is 5.36. The van der Waals surface area contributed by atoms with E-state index in [0.29, 0.717) is 12.2 Å². The Morgan fingerprint density at radius 3 is 2.77 bits per heavy atom. The number of anilines is 1. The lowest BCUT2D eigenvalue weighted by atomic mass is 10.1. The quantitative estimate of drug-likeness (QED) is 0.602. The fraction of sp³-hybridized carbons (Fsp3) is 0.294. The smallest absolute Gasteiger partial charge is 0.240 e. The molecule has 138 valence electrons. The van der Waals surface area contributed by atoms with Crippen LogP contribution in [0, 0.1) is 0 Å². The van der Waals surface area contributed by atoms with Crippen molar-refractivity contribution >= 4 is 21.6 Å².